The summed E-state index contributed by atoms with van der Waals surface area (Å²) in [5.41, 5.74) is 12.2. The zero-order valence-corrected chi connectivity index (χ0v) is 11.9. The van der Waals surface area contributed by atoms with Crippen molar-refractivity contribution in [3.63, 3.8) is 0 Å². The first-order chi connectivity index (χ1) is 10.6. The number of anilines is 1. The van der Waals surface area contributed by atoms with E-state index in [9.17, 15) is 9.59 Å². The van der Waals surface area contributed by atoms with Crippen LogP contribution in [0.1, 0.15) is 15.9 Å². The lowest BCUT2D eigenvalue weighted by atomic mass is 10.1. The van der Waals surface area contributed by atoms with Gasteiger partial charge in [0.2, 0.25) is 0 Å². The smallest absolute Gasteiger partial charge is 0.316 e. The number of nitrogens with two attached hydrogens (primary N) is 2. The van der Waals surface area contributed by atoms with Crippen LogP contribution in [-0.4, -0.2) is 18.4 Å². The van der Waals surface area contributed by atoms with Crippen molar-refractivity contribution in [2.45, 2.75) is 6.61 Å². The van der Waals surface area contributed by atoms with Crippen LogP contribution >= 0.6 is 0 Å². The minimum absolute atomic E-state index is 0.111. The molecule has 5 N–H and O–H groups in total. The summed E-state index contributed by atoms with van der Waals surface area (Å²) in [7, 11) is 0. The van der Waals surface area contributed by atoms with Gasteiger partial charge in [-0.05, 0) is 23.8 Å². The zero-order valence-electron chi connectivity index (χ0n) is 11.9. The van der Waals surface area contributed by atoms with E-state index in [4.69, 9.17) is 16.2 Å². The molecule has 0 aliphatic heterocycles. The van der Waals surface area contributed by atoms with E-state index in [1.165, 1.54) is 6.07 Å². The number of rotatable bonds is 6. The Morgan fingerprint density at radius 2 is 1.82 bits per heavy atom. The molecule has 0 unspecified atom stereocenters. The maximum atomic E-state index is 11.6. The second-order valence-electron chi connectivity index (χ2n) is 4.60. The Morgan fingerprint density at radius 1 is 1.09 bits per heavy atom. The number of ether oxygens (including phenoxy) is 1. The van der Waals surface area contributed by atoms with E-state index >= 15 is 0 Å². The molecule has 2 amide bonds. The summed E-state index contributed by atoms with van der Waals surface area (Å²) in [6.07, 6.45) is 0. The van der Waals surface area contributed by atoms with E-state index in [2.05, 4.69) is 5.32 Å². The predicted molar refractivity (Wildman–Crippen MR) is 83.8 cm³/mol. The highest BCUT2D eigenvalue weighted by Crippen LogP contribution is 2.27. The van der Waals surface area contributed by atoms with Crippen LogP contribution in [0.25, 0.3) is 0 Å². The largest absolute Gasteiger partial charge is 0.487 e. The van der Waals surface area contributed by atoms with E-state index in [0.29, 0.717) is 23.6 Å². The van der Waals surface area contributed by atoms with Crippen molar-refractivity contribution in [2.75, 3.05) is 11.9 Å². The molecule has 0 saturated carbocycles. The second-order valence-corrected chi connectivity index (χ2v) is 4.60. The van der Waals surface area contributed by atoms with Crippen molar-refractivity contribution in [1.29, 1.82) is 0 Å². The van der Waals surface area contributed by atoms with Crippen LogP contribution in [0.5, 0.6) is 5.75 Å². The Bertz CT molecular complexity index is 672. The van der Waals surface area contributed by atoms with Crippen LogP contribution < -0.4 is 21.5 Å². The first kappa shape index (κ1) is 15.5. The summed E-state index contributed by atoms with van der Waals surface area (Å²) >= 11 is 0. The van der Waals surface area contributed by atoms with Crippen LogP contribution in [0.2, 0.25) is 0 Å². The predicted octanol–water partition coefficient (Wildman–Crippen LogP) is 1.90. The Kier molecular flexibility index (Phi) is 5.11. The summed E-state index contributed by atoms with van der Waals surface area (Å²) in [6, 6.07) is 13.5. The van der Waals surface area contributed by atoms with E-state index in [-0.39, 0.29) is 12.3 Å². The van der Waals surface area contributed by atoms with Crippen molar-refractivity contribution in [3.05, 3.63) is 59.7 Å². The Labute approximate surface area is 128 Å². The van der Waals surface area contributed by atoms with E-state index in [0.717, 1.165) is 5.56 Å². The van der Waals surface area contributed by atoms with Crippen LogP contribution in [-0.2, 0) is 6.61 Å². The van der Waals surface area contributed by atoms with Crippen LogP contribution in [0.3, 0.4) is 0 Å². The van der Waals surface area contributed by atoms with Gasteiger partial charge in [0.15, 0.2) is 5.78 Å². The number of ketones is 1. The quantitative estimate of drug-likeness (QED) is 0.708. The molecular formula is C16H17N3O3. The summed E-state index contributed by atoms with van der Waals surface area (Å²) in [4.78, 5) is 22.7. The number of urea groups is 1. The van der Waals surface area contributed by atoms with Gasteiger partial charge in [-0.1, -0.05) is 30.3 Å². The number of carbonyl (C=O) groups is 2. The maximum Gasteiger partial charge on any atom is 0.316 e. The Morgan fingerprint density at radius 3 is 2.45 bits per heavy atom. The van der Waals surface area contributed by atoms with Gasteiger partial charge < -0.3 is 21.5 Å². The molecule has 0 spiro atoms. The molecule has 6 nitrogen and oxygen atoms in total. The minimum atomic E-state index is -0.734. The Hall–Kier alpha value is -2.86. The van der Waals surface area contributed by atoms with Gasteiger partial charge >= 0.3 is 6.03 Å². The second kappa shape index (κ2) is 7.24. The van der Waals surface area contributed by atoms with E-state index in [1.54, 1.807) is 12.1 Å². The minimum Gasteiger partial charge on any atom is -0.487 e. The molecule has 2 aromatic carbocycles. The first-order valence-electron chi connectivity index (χ1n) is 6.70. The fourth-order valence-corrected chi connectivity index (χ4v) is 1.91. The van der Waals surface area contributed by atoms with Crippen LogP contribution in [0, 0.1) is 0 Å². The lowest BCUT2D eigenvalue weighted by Gasteiger charge is -2.13. The van der Waals surface area contributed by atoms with Crippen molar-refractivity contribution in [2.24, 2.45) is 11.5 Å². The third-order valence-electron chi connectivity index (χ3n) is 2.98. The van der Waals surface area contributed by atoms with Crippen molar-refractivity contribution < 1.29 is 14.3 Å². The molecule has 0 heterocycles. The van der Waals surface area contributed by atoms with Crippen LogP contribution in [0.15, 0.2) is 48.5 Å². The highest BCUT2D eigenvalue weighted by atomic mass is 16.5. The molecule has 0 aliphatic rings. The molecule has 0 fully saturated rings. The third kappa shape index (κ3) is 4.07. The van der Waals surface area contributed by atoms with Gasteiger partial charge in [-0.3, -0.25) is 4.79 Å². The molecule has 2 rings (SSSR count). The molecule has 0 saturated heterocycles. The van der Waals surface area contributed by atoms with Gasteiger partial charge in [0.05, 0.1) is 12.2 Å². The van der Waals surface area contributed by atoms with Crippen molar-refractivity contribution >= 4 is 17.5 Å². The van der Waals surface area contributed by atoms with Crippen LogP contribution in [0.4, 0.5) is 10.5 Å². The average Bonchev–Trinajstić information content (AvgIpc) is 2.53. The standard InChI is InChI=1S/C16H17N3O3/c17-9-14(20)12-6-7-15(13(8-12)19-16(18)21)22-10-11-4-2-1-3-5-11/h1-8H,9-10,17H2,(H3,18,19,21). The molecule has 0 aromatic heterocycles. The molecule has 0 aliphatic carbocycles. The summed E-state index contributed by atoms with van der Waals surface area (Å²) in [5.74, 6) is 0.193. The van der Waals surface area contributed by atoms with Gasteiger partial charge in [0, 0.05) is 5.56 Å². The number of carbonyl (C=O) groups excluding carboxylic acids is 2. The third-order valence-corrected chi connectivity index (χ3v) is 2.98. The molecule has 114 valence electrons. The molecule has 0 atom stereocenters. The monoisotopic (exact) mass is 299 g/mol. The molecular weight excluding hydrogens is 282 g/mol. The molecule has 0 bridgehead atoms. The number of benzene rings is 2. The summed E-state index contributed by atoms with van der Waals surface area (Å²) < 4.78 is 5.68. The molecule has 22 heavy (non-hydrogen) atoms. The lowest BCUT2D eigenvalue weighted by Crippen LogP contribution is -2.20. The normalized spacial score (nSPS) is 10.0. The number of nitrogens with one attached hydrogen (secondary N) is 1. The fraction of sp³-hybridized carbons (Fsp3) is 0.125. The fourth-order valence-electron chi connectivity index (χ4n) is 1.91. The highest BCUT2D eigenvalue weighted by molar-refractivity contribution is 6.00. The number of amides is 2. The molecule has 6 heteroatoms. The van der Waals surface area contributed by atoms with Crippen molar-refractivity contribution in [3.8, 4) is 5.75 Å². The summed E-state index contributed by atoms with van der Waals surface area (Å²) in [5, 5.41) is 2.45. The van der Waals surface area contributed by atoms with Crippen molar-refractivity contribution in [1.82, 2.24) is 0 Å². The number of hydrogen-bond donors (Lipinski definition) is 3. The van der Waals surface area contributed by atoms with Gasteiger partial charge in [-0.15, -0.1) is 0 Å². The van der Waals surface area contributed by atoms with Gasteiger partial charge in [-0.2, -0.15) is 0 Å². The highest BCUT2D eigenvalue weighted by Gasteiger charge is 2.11. The topological polar surface area (TPSA) is 107 Å². The first-order valence-corrected chi connectivity index (χ1v) is 6.70. The van der Waals surface area contributed by atoms with Gasteiger partial charge in [0.25, 0.3) is 0 Å². The average molecular weight is 299 g/mol. The zero-order chi connectivity index (χ0) is 15.9. The van der Waals surface area contributed by atoms with Gasteiger partial charge in [0.1, 0.15) is 12.4 Å². The maximum absolute atomic E-state index is 11.6. The molecule has 0 radical (unpaired) electrons. The number of Topliss-reactive ketones (excluding diaryl/α,β-unsaturated/α-hetero) is 1. The number of hydrogen-bond acceptors (Lipinski definition) is 4. The van der Waals surface area contributed by atoms with E-state index < -0.39 is 6.03 Å². The number of primary amides is 1. The Balaban J connectivity index is 2.21. The van der Waals surface area contributed by atoms with Gasteiger partial charge in [-0.25, -0.2) is 4.79 Å². The lowest BCUT2D eigenvalue weighted by molar-refractivity contribution is 0.100. The summed E-state index contributed by atoms with van der Waals surface area (Å²) in [6.45, 7) is 0.221. The molecule has 2 aromatic rings. The van der Waals surface area contributed by atoms with E-state index in [1.807, 2.05) is 30.3 Å². The SMILES string of the molecule is NCC(=O)c1ccc(OCc2ccccc2)c(NC(N)=O)c1.